The van der Waals surface area contributed by atoms with Gasteiger partial charge in [0, 0.05) is 17.8 Å². The van der Waals surface area contributed by atoms with E-state index in [1.807, 2.05) is 0 Å². The van der Waals surface area contributed by atoms with E-state index >= 15 is 0 Å². The number of benzene rings is 2. The number of halogens is 2. The first kappa shape index (κ1) is 24.5. The average molecular weight is 482 g/mol. The molecule has 1 amide bonds. The number of nitrogens with zero attached hydrogens (tertiary/aromatic N) is 1. The molecule has 0 aromatic heterocycles. The van der Waals surface area contributed by atoms with Gasteiger partial charge in [-0.15, -0.1) is 0 Å². The number of unbranched alkanes of at least 4 members (excludes halogenated alkanes) is 1. The van der Waals surface area contributed by atoms with Crippen LogP contribution < -0.4 is 10.0 Å². The van der Waals surface area contributed by atoms with Crippen molar-refractivity contribution < 1.29 is 17.6 Å². The monoisotopic (exact) mass is 481 g/mol. The minimum absolute atomic E-state index is 0.00740. The number of likely N-dealkylation sites (tertiary alicyclic amines) is 1. The Morgan fingerprint density at radius 3 is 2.50 bits per heavy atom. The van der Waals surface area contributed by atoms with Gasteiger partial charge < -0.3 is 10.2 Å². The molecule has 1 fully saturated rings. The summed E-state index contributed by atoms with van der Waals surface area (Å²) in [5.74, 6) is -0.0219. The molecule has 0 aliphatic carbocycles. The number of amides is 1. The van der Waals surface area contributed by atoms with Gasteiger partial charge in [-0.05, 0) is 93.7 Å². The molecule has 1 aliphatic rings. The highest BCUT2D eigenvalue weighted by molar-refractivity contribution is 7.92. The lowest BCUT2D eigenvalue weighted by molar-refractivity contribution is 0.0952. The Balaban J connectivity index is 1.53. The number of carbonyl (C=O) groups is 1. The number of piperidine rings is 1. The van der Waals surface area contributed by atoms with Gasteiger partial charge in [0.25, 0.3) is 15.9 Å². The van der Waals surface area contributed by atoms with Crippen LogP contribution in [0.1, 0.15) is 43.0 Å². The zero-order valence-corrected chi connectivity index (χ0v) is 19.7. The summed E-state index contributed by atoms with van der Waals surface area (Å²) >= 11 is 6.09. The predicted molar refractivity (Wildman–Crippen MR) is 125 cm³/mol. The highest BCUT2D eigenvalue weighted by atomic mass is 35.5. The topological polar surface area (TPSA) is 78.5 Å². The molecule has 0 spiro atoms. The number of rotatable bonds is 9. The lowest BCUT2D eigenvalue weighted by Crippen LogP contribution is -2.34. The van der Waals surface area contributed by atoms with Gasteiger partial charge in [-0.25, -0.2) is 12.8 Å². The fourth-order valence-corrected chi connectivity index (χ4v) is 5.21. The Morgan fingerprint density at radius 2 is 1.81 bits per heavy atom. The Hall–Kier alpha value is -2.16. The molecule has 0 unspecified atom stereocenters. The SMILES string of the molecule is CC1CCN(CCCCNC(=O)c2ccc(Cl)c(S(=O)(=O)Nc3ccc(F)cc3)c2)CC1. The molecule has 174 valence electrons. The van der Waals surface area contributed by atoms with E-state index in [1.165, 1.54) is 43.2 Å². The summed E-state index contributed by atoms with van der Waals surface area (Å²) in [6.07, 6.45) is 4.34. The minimum atomic E-state index is -4.05. The van der Waals surface area contributed by atoms with Gasteiger partial charge in [-0.1, -0.05) is 18.5 Å². The van der Waals surface area contributed by atoms with Crippen LogP contribution in [-0.4, -0.2) is 45.4 Å². The molecule has 1 saturated heterocycles. The number of hydrogen-bond donors (Lipinski definition) is 2. The zero-order chi connectivity index (χ0) is 23.1. The smallest absolute Gasteiger partial charge is 0.263 e. The summed E-state index contributed by atoms with van der Waals surface area (Å²) in [6.45, 7) is 6.12. The lowest BCUT2D eigenvalue weighted by atomic mass is 9.99. The maximum absolute atomic E-state index is 13.1. The molecule has 2 N–H and O–H groups in total. The molecule has 0 bridgehead atoms. The molecule has 1 aliphatic heterocycles. The van der Waals surface area contributed by atoms with Crippen molar-refractivity contribution in [3.05, 3.63) is 58.9 Å². The van der Waals surface area contributed by atoms with Crippen molar-refractivity contribution in [2.75, 3.05) is 30.9 Å². The van der Waals surface area contributed by atoms with Crippen molar-refractivity contribution >= 4 is 33.2 Å². The van der Waals surface area contributed by atoms with Crippen molar-refractivity contribution in [3.63, 3.8) is 0 Å². The highest BCUT2D eigenvalue weighted by Crippen LogP contribution is 2.25. The van der Waals surface area contributed by atoms with Crippen LogP contribution in [0, 0.1) is 11.7 Å². The van der Waals surface area contributed by atoms with E-state index in [0.717, 1.165) is 50.5 Å². The molecule has 9 heteroatoms. The Morgan fingerprint density at radius 1 is 1.12 bits per heavy atom. The van der Waals surface area contributed by atoms with E-state index in [1.54, 1.807) is 0 Å². The van der Waals surface area contributed by atoms with Crippen LogP contribution in [0.3, 0.4) is 0 Å². The fraction of sp³-hybridized carbons (Fsp3) is 0.435. The fourth-order valence-electron chi connectivity index (χ4n) is 3.63. The molecular weight excluding hydrogens is 453 g/mol. The van der Waals surface area contributed by atoms with Crippen LogP contribution in [0.25, 0.3) is 0 Å². The first-order chi connectivity index (χ1) is 15.2. The summed E-state index contributed by atoms with van der Waals surface area (Å²) in [5.41, 5.74) is 0.402. The van der Waals surface area contributed by atoms with Crippen LogP contribution in [-0.2, 0) is 10.0 Å². The maximum Gasteiger partial charge on any atom is 0.263 e. The normalized spacial score (nSPS) is 15.5. The molecule has 3 rings (SSSR count). The van der Waals surface area contributed by atoms with E-state index in [9.17, 15) is 17.6 Å². The van der Waals surface area contributed by atoms with Crippen molar-refractivity contribution in [1.29, 1.82) is 0 Å². The van der Waals surface area contributed by atoms with E-state index in [2.05, 4.69) is 21.9 Å². The van der Waals surface area contributed by atoms with Gasteiger partial charge in [0.05, 0.1) is 5.02 Å². The van der Waals surface area contributed by atoms with Crippen LogP contribution in [0.15, 0.2) is 47.4 Å². The average Bonchev–Trinajstić information content (AvgIpc) is 2.76. The number of sulfonamides is 1. The van der Waals surface area contributed by atoms with Crippen LogP contribution in [0.2, 0.25) is 5.02 Å². The molecule has 0 saturated carbocycles. The third-order valence-corrected chi connectivity index (χ3v) is 7.51. The Bertz CT molecular complexity index is 1020. The van der Waals surface area contributed by atoms with Gasteiger partial charge in [0.15, 0.2) is 0 Å². The van der Waals surface area contributed by atoms with Gasteiger partial charge in [0.1, 0.15) is 10.7 Å². The molecule has 1 heterocycles. The third-order valence-electron chi connectivity index (χ3n) is 5.64. The second-order valence-corrected chi connectivity index (χ2v) is 10.3. The lowest BCUT2D eigenvalue weighted by Gasteiger charge is -2.30. The Labute approximate surface area is 194 Å². The predicted octanol–water partition coefficient (Wildman–Crippen LogP) is 4.52. The van der Waals surface area contributed by atoms with Crippen LogP contribution in [0.4, 0.5) is 10.1 Å². The van der Waals surface area contributed by atoms with Gasteiger partial charge in [-0.3, -0.25) is 9.52 Å². The van der Waals surface area contributed by atoms with E-state index in [4.69, 9.17) is 11.6 Å². The number of nitrogens with one attached hydrogen (secondary N) is 2. The standard InChI is InChI=1S/C23H29ClFN3O3S/c1-17-10-14-28(15-11-17)13-3-2-12-26-23(29)18-4-9-21(24)22(16-18)32(30,31)27-20-7-5-19(25)6-8-20/h4-9,16-17,27H,2-3,10-15H2,1H3,(H,26,29). The van der Waals surface area contributed by atoms with Gasteiger partial charge in [-0.2, -0.15) is 0 Å². The van der Waals surface area contributed by atoms with Crippen molar-refractivity contribution in [3.8, 4) is 0 Å². The summed E-state index contributed by atoms with van der Waals surface area (Å²) in [4.78, 5) is 14.8. The number of carbonyl (C=O) groups excluding carboxylic acids is 1. The first-order valence-electron chi connectivity index (χ1n) is 10.8. The van der Waals surface area contributed by atoms with Gasteiger partial charge >= 0.3 is 0 Å². The number of anilines is 1. The quantitative estimate of drug-likeness (QED) is 0.516. The van der Waals surface area contributed by atoms with Crippen LogP contribution in [0.5, 0.6) is 0 Å². The van der Waals surface area contributed by atoms with Crippen molar-refractivity contribution in [2.24, 2.45) is 5.92 Å². The van der Waals surface area contributed by atoms with Crippen LogP contribution >= 0.6 is 11.6 Å². The Kier molecular flexibility index (Phi) is 8.51. The molecule has 6 nitrogen and oxygen atoms in total. The third kappa shape index (κ3) is 6.92. The highest BCUT2D eigenvalue weighted by Gasteiger charge is 2.21. The molecule has 2 aromatic carbocycles. The summed E-state index contributed by atoms with van der Waals surface area (Å²) in [5, 5.41) is 2.83. The first-order valence-corrected chi connectivity index (χ1v) is 12.7. The summed E-state index contributed by atoms with van der Waals surface area (Å²) in [6, 6.07) is 9.03. The second kappa shape index (κ2) is 11.1. The minimum Gasteiger partial charge on any atom is -0.352 e. The molecular formula is C23H29ClFN3O3S. The largest absolute Gasteiger partial charge is 0.352 e. The van der Waals surface area contributed by atoms with Crippen molar-refractivity contribution in [2.45, 2.75) is 37.5 Å². The van der Waals surface area contributed by atoms with E-state index < -0.39 is 15.8 Å². The van der Waals surface area contributed by atoms with Gasteiger partial charge in [0.2, 0.25) is 0 Å². The van der Waals surface area contributed by atoms with E-state index in [0.29, 0.717) is 6.54 Å². The molecule has 32 heavy (non-hydrogen) atoms. The van der Waals surface area contributed by atoms with E-state index in [-0.39, 0.29) is 27.1 Å². The molecule has 0 radical (unpaired) electrons. The van der Waals surface area contributed by atoms with Crippen molar-refractivity contribution in [1.82, 2.24) is 10.2 Å². The zero-order valence-electron chi connectivity index (χ0n) is 18.1. The summed E-state index contributed by atoms with van der Waals surface area (Å²) in [7, 11) is -4.05. The second-order valence-electron chi connectivity index (χ2n) is 8.24. The molecule has 0 atom stereocenters. The maximum atomic E-state index is 13.1. The molecule has 2 aromatic rings. The number of hydrogen-bond acceptors (Lipinski definition) is 4. The summed E-state index contributed by atoms with van der Waals surface area (Å²) < 4.78 is 40.9.